The molecular weight excluding hydrogens is 550 g/mol. The van der Waals surface area contributed by atoms with Crippen LogP contribution in [0.3, 0.4) is 0 Å². The van der Waals surface area contributed by atoms with Gasteiger partial charge in [0.25, 0.3) is 0 Å². The number of nitrogens with zero attached hydrogens (tertiary/aromatic N) is 3. The molecule has 4 nitrogen and oxygen atoms in total. The molecule has 0 spiro atoms. The summed E-state index contributed by atoms with van der Waals surface area (Å²) in [7, 11) is 0. The molecule has 0 saturated carbocycles. The molecule has 4 heteroatoms. The average molecular weight is 576 g/mol. The monoisotopic (exact) mass is 575 g/mol. The van der Waals surface area contributed by atoms with Crippen molar-refractivity contribution >= 4 is 43.5 Å². The second-order valence-electron chi connectivity index (χ2n) is 11.3. The Morgan fingerprint density at radius 1 is 0.356 bits per heavy atom. The van der Waals surface area contributed by atoms with E-state index >= 15 is 0 Å². The first-order valence-electron chi connectivity index (χ1n) is 15.0. The summed E-state index contributed by atoms with van der Waals surface area (Å²) in [6.07, 6.45) is 0. The van der Waals surface area contributed by atoms with Crippen LogP contribution in [0.4, 0.5) is 0 Å². The predicted octanol–water partition coefficient (Wildman–Crippen LogP) is 10.7. The Hall–Kier alpha value is -6.13. The van der Waals surface area contributed by atoms with Crippen LogP contribution < -0.4 is 0 Å². The van der Waals surface area contributed by atoms with E-state index in [9.17, 15) is 0 Å². The lowest BCUT2D eigenvalue weighted by Gasteiger charge is -2.12. The summed E-state index contributed by atoms with van der Waals surface area (Å²) >= 11 is 0. The van der Waals surface area contributed by atoms with Crippen LogP contribution in [0.2, 0.25) is 0 Å². The van der Waals surface area contributed by atoms with Crippen LogP contribution in [0, 0.1) is 0 Å². The normalized spacial score (nSPS) is 11.6. The molecule has 0 fully saturated rings. The SMILES string of the molecule is c1ccc(-c2ccc3c(c2)oc2cc4ccccc4c(-c4nc(-c5ccccc5)nc(-c5ccc6ccccc6c5)n4)c23)cc1. The molecule has 2 aromatic heterocycles. The molecule has 0 aliphatic heterocycles. The van der Waals surface area contributed by atoms with Gasteiger partial charge in [0.1, 0.15) is 11.2 Å². The molecular formula is C41H25N3O. The zero-order chi connectivity index (χ0) is 29.7. The van der Waals surface area contributed by atoms with Crippen molar-refractivity contribution in [3.05, 3.63) is 152 Å². The molecule has 9 aromatic rings. The Labute approximate surface area is 259 Å². The van der Waals surface area contributed by atoms with E-state index in [0.29, 0.717) is 17.5 Å². The Morgan fingerprint density at radius 2 is 0.978 bits per heavy atom. The van der Waals surface area contributed by atoms with Gasteiger partial charge >= 0.3 is 0 Å². The highest BCUT2D eigenvalue weighted by Crippen LogP contribution is 2.42. The highest BCUT2D eigenvalue weighted by molar-refractivity contribution is 6.20. The third kappa shape index (κ3) is 4.35. The lowest BCUT2D eigenvalue weighted by molar-refractivity contribution is 0.669. The first kappa shape index (κ1) is 25.4. The van der Waals surface area contributed by atoms with Gasteiger partial charge in [0.2, 0.25) is 0 Å². The Bertz CT molecular complexity index is 2540. The van der Waals surface area contributed by atoms with E-state index in [-0.39, 0.29) is 0 Å². The quantitative estimate of drug-likeness (QED) is 0.209. The van der Waals surface area contributed by atoms with Gasteiger partial charge in [0.15, 0.2) is 17.5 Å². The third-order valence-electron chi connectivity index (χ3n) is 8.49. The predicted molar refractivity (Wildman–Crippen MR) is 184 cm³/mol. The summed E-state index contributed by atoms with van der Waals surface area (Å²) in [5.41, 5.74) is 6.71. The molecule has 0 saturated heterocycles. The van der Waals surface area contributed by atoms with Crippen molar-refractivity contribution in [2.45, 2.75) is 0 Å². The molecule has 45 heavy (non-hydrogen) atoms. The minimum atomic E-state index is 0.614. The van der Waals surface area contributed by atoms with E-state index in [0.717, 1.165) is 65.9 Å². The van der Waals surface area contributed by atoms with Crippen molar-refractivity contribution in [2.75, 3.05) is 0 Å². The highest BCUT2D eigenvalue weighted by Gasteiger charge is 2.21. The Kier molecular flexibility index (Phi) is 5.78. The van der Waals surface area contributed by atoms with E-state index < -0.39 is 0 Å². The molecule has 0 bridgehead atoms. The van der Waals surface area contributed by atoms with Crippen LogP contribution in [0.25, 0.3) is 88.8 Å². The van der Waals surface area contributed by atoms with Crippen LogP contribution in [-0.4, -0.2) is 15.0 Å². The number of fused-ring (bicyclic) bond motifs is 5. The summed E-state index contributed by atoms with van der Waals surface area (Å²) in [5.74, 6) is 1.87. The van der Waals surface area contributed by atoms with Crippen LogP contribution >= 0.6 is 0 Å². The molecule has 2 heterocycles. The highest BCUT2D eigenvalue weighted by atomic mass is 16.3. The molecule has 0 unspecified atom stereocenters. The summed E-state index contributed by atoms with van der Waals surface area (Å²) in [6, 6.07) is 52.2. The van der Waals surface area contributed by atoms with Crippen LogP contribution in [0.5, 0.6) is 0 Å². The zero-order valence-corrected chi connectivity index (χ0v) is 24.2. The molecule has 210 valence electrons. The Balaban J connectivity index is 1.35. The molecule has 0 radical (unpaired) electrons. The molecule has 0 atom stereocenters. The minimum absolute atomic E-state index is 0.614. The van der Waals surface area contributed by atoms with E-state index in [2.05, 4.69) is 115 Å². The van der Waals surface area contributed by atoms with Crippen LogP contribution in [0.15, 0.2) is 156 Å². The van der Waals surface area contributed by atoms with Gasteiger partial charge in [0.05, 0.1) is 0 Å². The fraction of sp³-hybridized carbons (Fsp3) is 0. The number of hydrogen-bond acceptors (Lipinski definition) is 4. The number of furan rings is 1. The number of hydrogen-bond donors (Lipinski definition) is 0. The zero-order valence-electron chi connectivity index (χ0n) is 24.2. The minimum Gasteiger partial charge on any atom is -0.456 e. The maximum Gasteiger partial charge on any atom is 0.165 e. The molecule has 0 aliphatic carbocycles. The molecule has 0 N–H and O–H groups in total. The van der Waals surface area contributed by atoms with Crippen molar-refractivity contribution in [1.82, 2.24) is 15.0 Å². The summed E-state index contributed by atoms with van der Waals surface area (Å²) in [4.78, 5) is 15.4. The first-order chi connectivity index (χ1) is 22.3. The Morgan fingerprint density at radius 3 is 1.78 bits per heavy atom. The maximum absolute atomic E-state index is 6.59. The van der Waals surface area contributed by atoms with Gasteiger partial charge in [-0.1, -0.05) is 127 Å². The summed E-state index contributed by atoms with van der Waals surface area (Å²) < 4.78 is 6.59. The number of aromatic nitrogens is 3. The lowest BCUT2D eigenvalue weighted by atomic mass is 9.96. The third-order valence-corrected chi connectivity index (χ3v) is 8.49. The summed E-state index contributed by atoms with van der Waals surface area (Å²) in [6.45, 7) is 0. The average Bonchev–Trinajstić information content (AvgIpc) is 3.48. The molecule has 0 amide bonds. The van der Waals surface area contributed by atoms with E-state index in [1.54, 1.807) is 0 Å². The number of rotatable bonds is 4. The smallest absolute Gasteiger partial charge is 0.165 e. The van der Waals surface area contributed by atoms with Gasteiger partial charge in [-0.3, -0.25) is 0 Å². The van der Waals surface area contributed by atoms with Gasteiger partial charge in [-0.2, -0.15) is 0 Å². The maximum atomic E-state index is 6.59. The topological polar surface area (TPSA) is 51.8 Å². The van der Waals surface area contributed by atoms with Gasteiger partial charge < -0.3 is 4.42 Å². The molecule has 7 aromatic carbocycles. The van der Waals surface area contributed by atoms with Crippen LogP contribution in [-0.2, 0) is 0 Å². The standard InChI is InChI=1S/C41H25N3O/c1-3-11-26(12-4-1)30-21-22-34-35(24-30)45-36-25-31-17-9-10-18-33(31)38(37(34)36)41-43-39(28-14-5-2-6-15-28)42-40(44-41)32-20-19-27-13-7-8-16-29(27)23-32/h1-25H. The van der Waals surface area contributed by atoms with Crippen molar-refractivity contribution in [2.24, 2.45) is 0 Å². The van der Waals surface area contributed by atoms with E-state index in [1.807, 2.05) is 36.4 Å². The summed E-state index contributed by atoms with van der Waals surface area (Å²) in [5, 5.41) is 6.47. The molecule has 0 aliphatic rings. The fourth-order valence-corrected chi connectivity index (χ4v) is 6.31. The van der Waals surface area contributed by atoms with Crippen LogP contribution in [0.1, 0.15) is 0 Å². The van der Waals surface area contributed by atoms with Gasteiger partial charge in [0, 0.05) is 27.5 Å². The second-order valence-corrected chi connectivity index (χ2v) is 11.3. The van der Waals surface area contributed by atoms with Gasteiger partial charge in [-0.15, -0.1) is 0 Å². The lowest BCUT2D eigenvalue weighted by Crippen LogP contribution is -2.01. The number of benzene rings is 7. The fourth-order valence-electron chi connectivity index (χ4n) is 6.31. The van der Waals surface area contributed by atoms with Gasteiger partial charge in [-0.25, -0.2) is 15.0 Å². The largest absolute Gasteiger partial charge is 0.456 e. The van der Waals surface area contributed by atoms with Crippen molar-refractivity contribution < 1.29 is 4.42 Å². The second kappa shape index (κ2) is 10.2. The van der Waals surface area contributed by atoms with Crippen molar-refractivity contribution in [3.63, 3.8) is 0 Å². The van der Waals surface area contributed by atoms with Crippen molar-refractivity contribution in [3.8, 4) is 45.3 Å². The first-order valence-corrected chi connectivity index (χ1v) is 15.0. The molecule has 9 rings (SSSR count). The van der Waals surface area contributed by atoms with Gasteiger partial charge in [-0.05, 0) is 56.9 Å². The van der Waals surface area contributed by atoms with Crippen molar-refractivity contribution in [1.29, 1.82) is 0 Å². The van der Waals surface area contributed by atoms with E-state index in [4.69, 9.17) is 19.4 Å². The van der Waals surface area contributed by atoms with E-state index in [1.165, 1.54) is 5.39 Å².